The van der Waals surface area contributed by atoms with Gasteiger partial charge < -0.3 is 15.7 Å². The summed E-state index contributed by atoms with van der Waals surface area (Å²) in [6.07, 6.45) is 3.57. The molecule has 0 aromatic carbocycles. The summed E-state index contributed by atoms with van der Waals surface area (Å²) in [5.74, 6) is 2.41. The quantitative estimate of drug-likeness (QED) is 0.674. The van der Waals surface area contributed by atoms with Crippen LogP contribution in [0.15, 0.2) is 6.07 Å². The largest absolute Gasteiger partial charge is 0.394 e. The molecule has 0 saturated carbocycles. The maximum absolute atomic E-state index is 9.62. The minimum atomic E-state index is -0.303. The highest BCUT2D eigenvalue weighted by Gasteiger charge is 2.25. The maximum Gasteiger partial charge on any atom is 0.133 e. The van der Waals surface area contributed by atoms with Gasteiger partial charge in [0.05, 0.1) is 12.1 Å². The molecule has 1 aromatic heterocycles. The van der Waals surface area contributed by atoms with E-state index in [1.165, 1.54) is 0 Å². The summed E-state index contributed by atoms with van der Waals surface area (Å²) < 4.78 is 0. The summed E-state index contributed by atoms with van der Waals surface area (Å²) in [5.41, 5.74) is -0.303. The normalized spacial score (nSPS) is 11.4. The first kappa shape index (κ1) is 15.7. The van der Waals surface area contributed by atoms with E-state index in [1.807, 2.05) is 13.1 Å². The summed E-state index contributed by atoms with van der Waals surface area (Å²) in [7, 11) is 1.85. The van der Waals surface area contributed by atoms with Crippen LogP contribution in [0.2, 0.25) is 0 Å². The van der Waals surface area contributed by atoms with E-state index in [-0.39, 0.29) is 12.1 Å². The van der Waals surface area contributed by atoms with Gasteiger partial charge in [-0.3, -0.25) is 0 Å². The van der Waals surface area contributed by atoms with Crippen molar-refractivity contribution in [3.8, 4) is 0 Å². The molecule has 0 saturated heterocycles. The first-order valence-electron chi connectivity index (χ1n) is 7.07. The van der Waals surface area contributed by atoms with Crippen LogP contribution < -0.4 is 10.6 Å². The molecular formula is C14H26N4O. The molecule has 0 fully saturated rings. The molecular weight excluding hydrogens is 240 g/mol. The van der Waals surface area contributed by atoms with Crippen LogP contribution in [0.3, 0.4) is 0 Å². The lowest BCUT2D eigenvalue weighted by molar-refractivity contribution is 0.202. The fraction of sp³-hybridized carbons (Fsp3) is 0.714. The fourth-order valence-corrected chi connectivity index (χ4v) is 1.99. The van der Waals surface area contributed by atoms with Gasteiger partial charge in [0.2, 0.25) is 0 Å². The molecule has 19 heavy (non-hydrogen) atoms. The Morgan fingerprint density at radius 3 is 2.26 bits per heavy atom. The zero-order valence-corrected chi connectivity index (χ0v) is 12.5. The van der Waals surface area contributed by atoms with E-state index in [2.05, 4.69) is 41.4 Å². The Balaban J connectivity index is 3.01. The van der Waals surface area contributed by atoms with Gasteiger partial charge in [0, 0.05) is 19.5 Å². The second-order valence-electron chi connectivity index (χ2n) is 4.83. The smallest absolute Gasteiger partial charge is 0.133 e. The molecule has 0 radical (unpaired) electrons. The molecule has 1 heterocycles. The minimum Gasteiger partial charge on any atom is -0.394 e. The minimum absolute atomic E-state index is 0.0992. The standard InChI is InChI=1S/C14H26N4O/c1-5-8-11-16-12(15-4)9-13(17-11)18-14(6-2,7-3)10-19/h9,19H,5-8,10H2,1-4H3,(H2,15,16,17,18). The molecule has 0 aliphatic heterocycles. The maximum atomic E-state index is 9.62. The highest BCUT2D eigenvalue weighted by atomic mass is 16.3. The summed E-state index contributed by atoms with van der Waals surface area (Å²) in [5, 5.41) is 16.0. The lowest BCUT2D eigenvalue weighted by Crippen LogP contribution is -2.41. The van der Waals surface area contributed by atoms with Crippen LogP contribution in [0, 0.1) is 0 Å². The number of aliphatic hydroxyl groups is 1. The second kappa shape index (κ2) is 7.28. The Morgan fingerprint density at radius 1 is 1.16 bits per heavy atom. The third-order valence-corrected chi connectivity index (χ3v) is 3.55. The second-order valence-corrected chi connectivity index (χ2v) is 4.83. The number of hydrogen-bond donors (Lipinski definition) is 3. The molecule has 3 N–H and O–H groups in total. The van der Waals surface area contributed by atoms with Crippen LogP contribution in [0.1, 0.15) is 45.9 Å². The van der Waals surface area contributed by atoms with Crippen molar-refractivity contribution < 1.29 is 5.11 Å². The van der Waals surface area contributed by atoms with Crippen LogP contribution >= 0.6 is 0 Å². The fourth-order valence-electron chi connectivity index (χ4n) is 1.99. The van der Waals surface area contributed by atoms with Crippen LogP contribution in [0.5, 0.6) is 0 Å². The number of aliphatic hydroxyl groups excluding tert-OH is 1. The third kappa shape index (κ3) is 4.06. The number of rotatable bonds is 8. The molecule has 0 unspecified atom stereocenters. The monoisotopic (exact) mass is 266 g/mol. The summed E-state index contributed by atoms with van der Waals surface area (Å²) in [4.78, 5) is 8.95. The van der Waals surface area contributed by atoms with Gasteiger partial charge in [-0.15, -0.1) is 0 Å². The molecule has 5 nitrogen and oxygen atoms in total. The molecule has 0 atom stereocenters. The van der Waals surface area contributed by atoms with E-state index < -0.39 is 0 Å². The molecule has 0 aliphatic rings. The number of aryl methyl sites for hydroxylation is 1. The van der Waals surface area contributed by atoms with Crippen LogP contribution in [0.4, 0.5) is 11.6 Å². The van der Waals surface area contributed by atoms with Gasteiger partial charge in [-0.05, 0) is 19.3 Å². The lowest BCUT2D eigenvalue weighted by Gasteiger charge is -2.31. The van der Waals surface area contributed by atoms with Crippen molar-refractivity contribution in [2.45, 2.75) is 52.0 Å². The van der Waals surface area contributed by atoms with Crippen molar-refractivity contribution in [3.05, 3.63) is 11.9 Å². The van der Waals surface area contributed by atoms with Gasteiger partial charge in [0.1, 0.15) is 17.5 Å². The first-order chi connectivity index (χ1) is 9.12. The number of hydrogen-bond acceptors (Lipinski definition) is 5. The Hall–Kier alpha value is -1.36. The summed E-state index contributed by atoms with van der Waals surface area (Å²) >= 11 is 0. The van der Waals surface area contributed by atoms with E-state index in [4.69, 9.17) is 0 Å². The van der Waals surface area contributed by atoms with Crippen LogP contribution in [-0.2, 0) is 6.42 Å². The highest BCUT2D eigenvalue weighted by Crippen LogP contribution is 2.22. The Bertz CT molecular complexity index is 383. The Labute approximate surface area is 115 Å². The van der Waals surface area contributed by atoms with Gasteiger partial charge in [-0.2, -0.15) is 0 Å². The van der Waals surface area contributed by atoms with Crippen molar-refractivity contribution in [2.75, 3.05) is 24.3 Å². The Morgan fingerprint density at radius 2 is 1.79 bits per heavy atom. The van der Waals surface area contributed by atoms with Crippen molar-refractivity contribution in [1.29, 1.82) is 0 Å². The molecule has 0 aliphatic carbocycles. The number of nitrogens with zero attached hydrogens (tertiary/aromatic N) is 2. The zero-order valence-electron chi connectivity index (χ0n) is 12.5. The molecule has 1 aromatic rings. The highest BCUT2D eigenvalue weighted by molar-refractivity contribution is 5.48. The van der Waals surface area contributed by atoms with Crippen molar-refractivity contribution in [3.63, 3.8) is 0 Å². The van der Waals surface area contributed by atoms with E-state index in [0.29, 0.717) is 0 Å². The van der Waals surface area contributed by atoms with Gasteiger partial charge in [-0.1, -0.05) is 20.8 Å². The predicted molar refractivity (Wildman–Crippen MR) is 79.6 cm³/mol. The number of anilines is 2. The van der Waals surface area contributed by atoms with Crippen molar-refractivity contribution in [2.24, 2.45) is 0 Å². The predicted octanol–water partition coefficient (Wildman–Crippen LogP) is 2.43. The molecule has 1 rings (SSSR count). The Kier molecular flexibility index (Phi) is 6.02. The number of aromatic nitrogens is 2. The summed E-state index contributed by atoms with van der Waals surface area (Å²) in [6.45, 7) is 6.35. The topological polar surface area (TPSA) is 70.1 Å². The molecule has 0 spiro atoms. The average molecular weight is 266 g/mol. The average Bonchev–Trinajstić information content (AvgIpc) is 2.45. The van der Waals surface area contributed by atoms with Crippen molar-refractivity contribution in [1.82, 2.24) is 9.97 Å². The lowest BCUT2D eigenvalue weighted by atomic mass is 9.94. The SMILES string of the molecule is CCCc1nc(NC)cc(NC(CC)(CC)CO)n1. The van der Waals surface area contributed by atoms with E-state index >= 15 is 0 Å². The zero-order chi connectivity index (χ0) is 14.3. The van der Waals surface area contributed by atoms with Crippen molar-refractivity contribution >= 4 is 11.6 Å². The van der Waals surface area contributed by atoms with E-state index in [1.54, 1.807) is 0 Å². The van der Waals surface area contributed by atoms with Crippen LogP contribution in [0.25, 0.3) is 0 Å². The van der Waals surface area contributed by atoms with Gasteiger partial charge >= 0.3 is 0 Å². The number of nitrogens with one attached hydrogen (secondary N) is 2. The molecule has 0 amide bonds. The van der Waals surface area contributed by atoms with Crippen LogP contribution in [-0.4, -0.2) is 34.3 Å². The van der Waals surface area contributed by atoms with Gasteiger partial charge in [0.15, 0.2) is 0 Å². The summed E-state index contributed by atoms with van der Waals surface area (Å²) in [6, 6.07) is 1.88. The first-order valence-corrected chi connectivity index (χ1v) is 7.07. The van der Waals surface area contributed by atoms with E-state index in [9.17, 15) is 5.11 Å². The molecule has 5 heteroatoms. The van der Waals surface area contributed by atoms with Gasteiger partial charge in [0.25, 0.3) is 0 Å². The third-order valence-electron chi connectivity index (χ3n) is 3.55. The molecule has 0 bridgehead atoms. The molecule has 108 valence electrons. The van der Waals surface area contributed by atoms with E-state index in [0.717, 1.165) is 43.1 Å². The van der Waals surface area contributed by atoms with Gasteiger partial charge in [-0.25, -0.2) is 9.97 Å².